The van der Waals surface area contributed by atoms with Crippen molar-refractivity contribution in [3.05, 3.63) is 33.8 Å². The first-order chi connectivity index (χ1) is 10.1. The molecule has 21 heavy (non-hydrogen) atoms. The van der Waals surface area contributed by atoms with Gasteiger partial charge in [0.25, 0.3) is 0 Å². The summed E-state index contributed by atoms with van der Waals surface area (Å²) >= 11 is 13.5. The van der Waals surface area contributed by atoms with Gasteiger partial charge in [-0.3, -0.25) is 4.79 Å². The fourth-order valence-corrected chi connectivity index (χ4v) is 3.77. The van der Waals surface area contributed by atoms with Gasteiger partial charge in [0, 0.05) is 21.8 Å². The lowest BCUT2D eigenvalue weighted by atomic mass is 9.95. The molecule has 1 aromatic carbocycles. The zero-order valence-corrected chi connectivity index (χ0v) is 14.3. The maximum absolute atomic E-state index is 12.0. The summed E-state index contributed by atoms with van der Waals surface area (Å²) in [6, 6.07) is 5.75. The number of carbonyl (C=O) groups excluding carboxylic acids is 1. The number of hydrogen-bond donors (Lipinski definition) is 2. The van der Waals surface area contributed by atoms with Gasteiger partial charge in [0.2, 0.25) is 5.91 Å². The van der Waals surface area contributed by atoms with Crippen LogP contribution in [0.5, 0.6) is 0 Å². The molecule has 1 aromatic rings. The summed E-state index contributed by atoms with van der Waals surface area (Å²) in [7, 11) is 0. The van der Waals surface area contributed by atoms with E-state index in [2.05, 4.69) is 17.6 Å². The van der Waals surface area contributed by atoms with Crippen LogP contribution in [0.1, 0.15) is 18.9 Å². The minimum atomic E-state index is 0.101. The Morgan fingerprint density at radius 1 is 1.48 bits per heavy atom. The van der Waals surface area contributed by atoms with Crippen molar-refractivity contribution in [2.45, 2.75) is 25.1 Å². The zero-order valence-electron chi connectivity index (χ0n) is 12.0. The molecule has 3 nitrogen and oxygen atoms in total. The van der Waals surface area contributed by atoms with Gasteiger partial charge in [-0.25, -0.2) is 0 Å². The van der Waals surface area contributed by atoms with Crippen molar-refractivity contribution in [3.8, 4) is 0 Å². The fraction of sp³-hybridized carbons (Fsp3) is 0.533. The van der Waals surface area contributed by atoms with Crippen LogP contribution in [0.25, 0.3) is 0 Å². The molecule has 0 spiro atoms. The third kappa shape index (κ3) is 5.37. The Morgan fingerprint density at radius 2 is 2.29 bits per heavy atom. The summed E-state index contributed by atoms with van der Waals surface area (Å²) < 4.78 is 0. The van der Waals surface area contributed by atoms with Crippen LogP contribution in [0.3, 0.4) is 0 Å². The number of carbonyl (C=O) groups is 1. The Hall–Kier alpha value is -0.420. The molecule has 0 saturated carbocycles. The van der Waals surface area contributed by atoms with Gasteiger partial charge < -0.3 is 10.6 Å². The van der Waals surface area contributed by atoms with Crippen LogP contribution >= 0.6 is 35.0 Å². The Balaban J connectivity index is 1.73. The Morgan fingerprint density at radius 3 is 3.00 bits per heavy atom. The van der Waals surface area contributed by atoms with E-state index in [1.54, 1.807) is 17.8 Å². The topological polar surface area (TPSA) is 41.1 Å². The number of benzene rings is 1. The molecule has 1 fully saturated rings. The lowest BCUT2D eigenvalue weighted by molar-refractivity contribution is -0.119. The SMILES string of the molecule is CC1CNCCC1NC(=O)CSCc1ccc(Cl)cc1Cl. The number of nitrogens with one attached hydrogen (secondary N) is 2. The monoisotopic (exact) mass is 346 g/mol. The lowest BCUT2D eigenvalue weighted by Crippen LogP contribution is -2.48. The van der Waals surface area contributed by atoms with Gasteiger partial charge in [0.15, 0.2) is 0 Å². The summed E-state index contributed by atoms with van der Waals surface area (Å²) in [6.07, 6.45) is 1.00. The van der Waals surface area contributed by atoms with Crippen LogP contribution in [0.15, 0.2) is 18.2 Å². The average Bonchev–Trinajstić information content (AvgIpc) is 2.44. The van der Waals surface area contributed by atoms with E-state index in [-0.39, 0.29) is 5.91 Å². The van der Waals surface area contributed by atoms with Crippen LogP contribution in [-0.4, -0.2) is 30.8 Å². The minimum absolute atomic E-state index is 0.101. The van der Waals surface area contributed by atoms with E-state index in [1.165, 1.54) is 0 Å². The zero-order chi connectivity index (χ0) is 15.2. The van der Waals surface area contributed by atoms with Crippen molar-refractivity contribution in [1.82, 2.24) is 10.6 Å². The Labute approximate surface area is 140 Å². The lowest BCUT2D eigenvalue weighted by Gasteiger charge is -2.30. The third-order valence-corrected chi connectivity index (χ3v) is 5.21. The van der Waals surface area contributed by atoms with Crippen molar-refractivity contribution >= 4 is 40.9 Å². The van der Waals surface area contributed by atoms with Crippen LogP contribution in [0, 0.1) is 5.92 Å². The van der Waals surface area contributed by atoms with E-state index in [0.717, 1.165) is 25.1 Å². The molecule has 0 aliphatic carbocycles. The van der Waals surface area contributed by atoms with Crippen molar-refractivity contribution < 1.29 is 4.79 Å². The standard InChI is InChI=1S/C15H20Cl2N2OS/c1-10-7-18-5-4-14(10)19-15(20)9-21-8-11-2-3-12(16)6-13(11)17/h2-3,6,10,14,18H,4-5,7-9H2,1H3,(H,19,20). The number of amides is 1. The largest absolute Gasteiger partial charge is 0.352 e. The molecule has 0 aromatic heterocycles. The van der Waals surface area contributed by atoms with E-state index in [9.17, 15) is 4.79 Å². The van der Waals surface area contributed by atoms with E-state index >= 15 is 0 Å². The molecule has 0 bridgehead atoms. The van der Waals surface area contributed by atoms with E-state index in [0.29, 0.717) is 33.5 Å². The molecule has 2 rings (SSSR count). The molecule has 1 heterocycles. The summed E-state index contributed by atoms with van der Waals surface area (Å²) in [5.41, 5.74) is 1.01. The highest BCUT2D eigenvalue weighted by molar-refractivity contribution is 7.99. The highest BCUT2D eigenvalue weighted by Gasteiger charge is 2.22. The average molecular weight is 347 g/mol. The normalized spacial score (nSPS) is 22.0. The number of hydrogen-bond acceptors (Lipinski definition) is 3. The predicted octanol–water partition coefficient (Wildman–Crippen LogP) is 3.34. The molecule has 1 aliphatic heterocycles. The van der Waals surface area contributed by atoms with Crippen molar-refractivity contribution in [1.29, 1.82) is 0 Å². The molecule has 2 atom stereocenters. The molecular weight excluding hydrogens is 327 g/mol. The summed E-state index contributed by atoms with van der Waals surface area (Å²) in [5.74, 6) is 1.75. The number of rotatable bonds is 5. The van der Waals surface area contributed by atoms with Gasteiger partial charge in [-0.1, -0.05) is 36.2 Å². The van der Waals surface area contributed by atoms with Gasteiger partial charge in [-0.15, -0.1) is 11.8 Å². The maximum atomic E-state index is 12.0. The first kappa shape index (κ1) is 16.9. The molecule has 2 unspecified atom stereocenters. The van der Waals surface area contributed by atoms with Gasteiger partial charge >= 0.3 is 0 Å². The first-order valence-electron chi connectivity index (χ1n) is 7.08. The molecule has 2 N–H and O–H groups in total. The van der Waals surface area contributed by atoms with Crippen molar-refractivity contribution in [2.24, 2.45) is 5.92 Å². The minimum Gasteiger partial charge on any atom is -0.352 e. The highest BCUT2D eigenvalue weighted by atomic mass is 35.5. The summed E-state index contributed by atoms with van der Waals surface area (Å²) in [4.78, 5) is 12.0. The molecule has 116 valence electrons. The molecule has 6 heteroatoms. The van der Waals surface area contributed by atoms with E-state index < -0.39 is 0 Å². The molecule has 1 aliphatic rings. The van der Waals surface area contributed by atoms with Crippen LogP contribution in [-0.2, 0) is 10.5 Å². The number of halogens is 2. The summed E-state index contributed by atoms with van der Waals surface area (Å²) in [5, 5.41) is 7.74. The first-order valence-corrected chi connectivity index (χ1v) is 8.99. The van der Waals surface area contributed by atoms with Crippen molar-refractivity contribution in [2.75, 3.05) is 18.8 Å². The summed E-state index contributed by atoms with van der Waals surface area (Å²) in [6.45, 7) is 4.11. The van der Waals surface area contributed by atoms with Gasteiger partial charge in [0.1, 0.15) is 0 Å². The second-order valence-corrected chi connectivity index (χ2v) is 7.20. The van der Waals surface area contributed by atoms with Crippen LogP contribution < -0.4 is 10.6 Å². The van der Waals surface area contributed by atoms with E-state index in [4.69, 9.17) is 23.2 Å². The Bertz CT molecular complexity index is 499. The molecule has 0 radical (unpaired) electrons. The maximum Gasteiger partial charge on any atom is 0.230 e. The smallest absolute Gasteiger partial charge is 0.230 e. The second kappa shape index (κ2) is 8.28. The molecule has 1 amide bonds. The predicted molar refractivity (Wildman–Crippen MR) is 91.2 cm³/mol. The fourth-order valence-electron chi connectivity index (χ4n) is 2.37. The Kier molecular flexibility index (Phi) is 6.68. The molecular formula is C15H20Cl2N2OS. The van der Waals surface area contributed by atoms with Gasteiger partial charge in [-0.2, -0.15) is 0 Å². The number of piperidine rings is 1. The van der Waals surface area contributed by atoms with Crippen LogP contribution in [0.2, 0.25) is 10.0 Å². The third-order valence-electron chi connectivity index (χ3n) is 3.64. The number of thioether (sulfide) groups is 1. The van der Waals surface area contributed by atoms with Gasteiger partial charge in [-0.05, 0) is 43.1 Å². The van der Waals surface area contributed by atoms with Crippen molar-refractivity contribution in [3.63, 3.8) is 0 Å². The van der Waals surface area contributed by atoms with Crippen LogP contribution in [0.4, 0.5) is 0 Å². The van der Waals surface area contributed by atoms with E-state index in [1.807, 2.05) is 12.1 Å². The second-order valence-electron chi connectivity index (χ2n) is 5.37. The quantitative estimate of drug-likeness (QED) is 0.858. The molecule has 1 saturated heterocycles. The van der Waals surface area contributed by atoms with Gasteiger partial charge in [0.05, 0.1) is 5.75 Å². The highest BCUT2D eigenvalue weighted by Crippen LogP contribution is 2.24.